The van der Waals surface area contributed by atoms with E-state index in [1.165, 1.54) is 16.7 Å². The van der Waals surface area contributed by atoms with Crippen LogP contribution < -0.4 is 5.73 Å². The van der Waals surface area contributed by atoms with E-state index in [0.717, 1.165) is 16.0 Å². The van der Waals surface area contributed by atoms with Gasteiger partial charge in [-0.25, -0.2) is 0 Å². The predicted molar refractivity (Wildman–Crippen MR) is 102 cm³/mol. The van der Waals surface area contributed by atoms with E-state index in [1.807, 2.05) is 43.3 Å². The van der Waals surface area contributed by atoms with Gasteiger partial charge >= 0.3 is 0 Å². The first-order chi connectivity index (χ1) is 13.1. The molecule has 2 aliphatic heterocycles. The summed E-state index contributed by atoms with van der Waals surface area (Å²) in [7, 11) is 0. The third-order valence-corrected chi connectivity index (χ3v) is 5.88. The monoisotopic (exact) mass is 370 g/mol. The van der Waals surface area contributed by atoms with Crippen LogP contribution in [0.15, 0.2) is 75.4 Å². The van der Waals surface area contributed by atoms with Gasteiger partial charge in [0.25, 0.3) is 5.91 Å². The van der Waals surface area contributed by atoms with E-state index in [4.69, 9.17) is 5.73 Å². The van der Waals surface area contributed by atoms with Gasteiger partial charge in [0.15, 0.2) is 0 Å². The summed E-state index contributed by atoms with van der Waals surface area (Å²) < 4.78 is 0. The van der Waals surface area contributed by atoms with Crippen LogP contribution in [0.4, 0.5) is 0 Å². The first kappa shape index (κ1) is 17.0. The Kier molecular flexibility index (Phi) is 3.99. The Labute approximate surface area is 161 Å². The largest absolute Gasteiger partial charge is 0.384 e. The van der Waals surface area contributed by atoms with Gasteiger partial charge in [0.05, 0.1) is 34.8 Å². The zero-order valence-electron chi connectivity index (χ0n) is 14.4. The minimum absolute atomic E-state index is 0.0871. The number of nitrogens with two attached hydrogens (primary N) is 1. The molecular weight excluding hydrogens is 356 g/mol. The number of fused-ring (bicyclic) bond motifs is 2. The maximum atomic E-state index is 13.0. The zero-order chi connectivity index (χ0) is 19.1. The van der Waals surface area contributed by atoms with Gasteiger partial charge < -0.3 is 5.73 Å². The molecule has 27 heavy (non-hydrogen) atoms. The number of carbonyl (C=O) groups excluding carboxylic acids is 1. The molecule has 0 radical (unpaired) electrons. The molecule has 2 aromatic rings. The molecule has 0 aliphatic carbocycles. The van der Waals surface area contributed by atoms with Crippen molar-refractivity contribution in [3.8, 4) is 12.1 Å². The maximum Gasteiger partial charge on any atom is 0.265 e. The van der Waals surface area contributed by atoms with Crippen LogP contribution in [0.1, 0.15) is 27.4 Å². The molecule has 5 nitrogen and oxygen atoms in total. The van der Waals surface area contributed by atoms with E-state index in [0.29, 0.717) is 16.2 Å². The van der Waals surface area contributed by atoms with Gasteiger partial charge in [-0.15, -0.1) is 0 Å². The number of hydrogen-bond acceptors (Lipinski definition) is 5. The summed E-state index contributed by atoms with van der Waals surface area (Å²) in [5.41, 5.74) is 9.24. The molecule has 0 saturated heterocycles. The third kappa shape index (κ3) is 2.51. The average molecular weight is 370 g/mol. The lowest BCUT2D eigenvalue weighted by Gasteiger charge is -2.37. The molecule has 0 saturated carbocycles. The molecule has 1 unspecified atom stereocenters. The second kappa shape index (κ2) is 6.35. The van der Waals surface area contributed by atoms with E-state index < -0.39 is 5.92 Å². The maximum absolute atomic E-state index is 13.0. The number of carbonyl (C=O) groups is 1. The molecule has 4 rings (SSSR count). The number of amides is 1. The molecule has 130 valence electrons. The molecule has 2 aliphatic rings. The highest BCUT2D eigenvalue weighted by atomic mass is 32.2. The molecule has 1 amide bonds. The van der Waals surface area contributed by atoms with Crippen molar-refractivity contribution < 1.29 is 4.79 Å². The van der Waals surface area contributed by atoms with Crippen LogP contribution in [-0.2, 0) is 0 Å². The highest BCUT2D eigenvalue weighted by Crippen LogP contribution is 2.49. The lowest BCUT2D eigenvalue weighted by Crippen LogP contribution is -2.40. The van der Waals surface area contributed by atoms with Crippen LogP contribution in [-0.4, -0.2) is 10.8 Å². The van der Waals surface area contributed by atoms with Crippen LogP contribution in [0.2, 0.25) is 0 Å². The van der Waals surface area contributed by atoms with Crippen molar-refractivity contribution in [3.63, 3.8) is 0 Å². The number of nitriles is 2. The summed E-state index contributed by atoms with van der Waals surface area (Å²) in [5, 5.41) is 20.2. The first-order valence-electron chi connectivity index (χ1n) is 8.28. The number of aryl methyl sites for hydroxylation is 1. The van der Waals surface area contributed by atoms with Gasteiger partial charge in [-0.3, -0.25) is 9.69 Å². The Morgan fingerprint density at radius 2 is 1.70 bits per heavy atom. The third-order valence-electron chi connectivity index (χ3n) is 4.71. The quantitative estimate of drug-likeness (QED) is 0.825. The minimum Gasteiger partial charge on any atom is -0.384 e. The Morgan fingerprint density at radius 3 is 2.37 bits per heavy atom. The molecule has 0 fully saturated rings. The van der Waals surface area contributed by atoms with Crippen LogP contribution in [0.5, 0.6) is 0 Å². The van der Waals surface area contributed by atoms with Crippen LogP contribution in [0.3, 0.4) is 0 Å². The topological polar surface area (TPSA) is 93.9 Å². The van der Waals surface area contributed by atoms with Crippen molar-refractivity contribution in [3.05, 3.63) is 87.2 Å². The Morgan fingerprint density at radius 1 is 1.04 bits per heavy atom. The van der Waals surface area contributed by atoms with Gasteiger partial charge in [0, 0.05) is 4.90 Å². The molecule has 2 N–H and O–H groups in total. The fraction of sp³-hybridized carbons (Fsp3) is 0.0952. The van der Waals surface area contributed by atoms with Crippen LogP contribution in [0, 0.1) is 29.6 Å². The van der Waals surface area contributed by atoms with Gasteiger partial charge in [-0.05, 0) is 24.6 Å². The van der Waals surface area contributed by atoms with E-state index >= 15 is 0 Å². The summed E-state index contributed by atoms with van der Waals surface area (Å²) in [6, 6.07) is 19.2. The number of rotatable bonds is 1. The molecule has 2 aromatic carbocycles. The predicted octanol–water partition coefficient (Wildman–Crippen LogP) is 3.77. The number of nitrogens with zero attached hydrogens (tertiary/aromatic N) is 3. The lowest BCUT2D eigenvalue weighted by atomic mass is 9.83. The molecule has 1 atom stereocenters. The number of thioether (sulfide) groups is 1. The van der Waals surface area contributed by atoms with Crippen molar-refractivity contribution >= 4 is 17.7 Å². The Hall–Kier alpha value is -3.48. The highest BCUT2D eigenvalue weighted by molar-refractivity contribution is 8.03. The summed E-state index contributed by atoms with van der Waals surface area (Å²) in [4.78, 5) is 15.1. The number of benzene rings is 2. The highest BCUT2D eigenvalue weighted by Gasteiger charge is 2.41. The van der Waals surface area contributed by atoms with E-state index in [1.54, 1.807) is 12.1 Å². The fourth-order valence-corrected chi connectivity index (χ4v) is 4.52. The number of allylic oxidation sites excluding steroid dienone is 2. The molecule has 2 heterocycles. The summed E-state index contributed by atoms with van der Waals surface area (Å²) in [6.07, 6.45) is 0. The van der Waals surface area contributed by atoms with Crippen LogP contribution >= 0.6 is 11.8 Å². The summed E-state index contributed by atoms with van der Waals surface area (Å²) in [6.45, 7) is 1.97. The van der Waals surface area contributed by atoms with E-state index in [-0.39, 0.29) is 17.3 Å². The van der Waals surface area contributed by atoms with E-state index in [2.05, 4.69) is 12.1 Å². The second-order valence-corrected chi connectivity index (χ2v) is 7.35. The van der Waals surface area contributed by atoms with Crippen molar-refractivity contribution in [1.82, 2.24) is 4.90 Å². The van der Waals surface area contributed by atoms with Crippen LogP contribution in [0.25, 0.3) is 0 Å². The van der Waals surface area contributed by atoms with Crippen molar-refractivity contribution in [2.75, 3.05) is 0 Å². The van der Waals surface area contributed by atoms with Gasteiger partial charge in [-0.1, -0.05) is 53.7 Å². The minimum atomic E-state index is -0.586. The van der Waals surface area contributed by atoms with E-state index in [9.17, 15) is 15.3 Å². The molecular formula is C21H14N4OS. The summed E-state index contributed by atoms with van der Waals surface area (Å²) in [5.74, 6) is -0.818. The lowest BCUT2D eigenvalue weighted by molar-refractivity contribution is 0.0841. The smallest absolute Gasteiger partial charge is 0.265 e. The Balaban J connectivity index is 1.98. The normalized spacial score (nSPS) is 18.6. The average Bonchev–Trinajstić information content (AvgIpc) is 2.68. The zero-order valence-corrected chi connectivity index (χ0v) is 15.2. The second-order valence-electron chi connectivity index (χ2n) is 6.32. The Bertz CT molecular complexity index is 1120. The fourth-order valence-electron chi connectivity index (χ4n) is 3.35. The van der Waals surface area contributed by atoms with Crippen molar-refractivity contribution in [1.29, 1.82) is 10.5 Å². The standard InChI is InChI=1S/C21H14N4OS/c1-12-6-8-13(9-7-12)18-15(10-22)19(24)25-20(26)14-4-2-3-5-17(14)27-21(25)16(18)11-23/h2-9,18H,24H2,1H3. The molecule has 6 heteroatoms. The van der Waals surface area contributed by atoms with Gasteiger partial charge in [0.1, 0.15) is 10.9 Å². The summed E-state index contributed by atoms with van der Waals surface area (Å²) >= 11 is 1.33. The van der Waals surface area contributed by atoms with Crippen molar-refractivity contribution in [2.45, 2.75) is 17.7 Å². The molecule has 0 spiro atoms. The number of hydrogen-bond donors (Lipinski definition) is 1. The SMILES string of the molecule is Cc1ccc(C2C(C#N)=C(N)N3C(=O)c4ccccc4SC3=C2C#N)cc1. The van der Waals surface area contributed by atoms with Gasteiger partial charge in [0.2, 0.25) is 0 Å². The molecule has 0 aromatic heterocycles. The van der Waals surface area contributed by atoms with Crippen molar-refractivity contribution in [2.24, 2.45) is 5.73 Å². The first-order valence-corrected chi connectivity index (χ1v) is 9.10. The molecule has 0 bridgehead atoms. The van der Waals surface area contributed by atoms with Gasteiger partial charge in [-0.2, -0.15) is 10.5 Å².